The van der Waals surface area contributed by atoms with Gasteiger partial charge in [0.2, 0.25) is 0 Å². The first-order chi connectivity index (χ1) is 11.4. The van der Waals surface area contributed by atoms with Gasteiger partial charge in [0.15, 0.2) is 0 Å². The second-order valence-corrected chi connectivity index (χ2v) is 6.90. The molecule has 24 heavy (non-hydrogen) atoms. The first kappa shape index (κ1) is 18.3. The lowest BCUT2D eigenvalue weighted by atomic mass is 9.92. The van der Waals surface area contributed by atoms with Crippen LogP contribution in [0.15, 0.2) is 12.3 Å². The summed E-state index contributed by atoms with van der Waals surface area (Å²) in [7, 11) is 0. The van der Waals surface area contributed by atoms with E-state index in [1.807, 2.05) is 0 Å². The Morgan fingerprint density at radius 2 is 2.08 bits per heavy atom. The molecule has 1 saturated heterocycles. The summed E-state index contributed by atoms with van der Waals surface area (Å²) < 4.78 is 0. The average Bonchev–Trinajstić information content (AvgIpc) is 2.50. The van der Waals surface area contributed by atoms with Crippen LogP contribution in [0.1, 0.15) is 42.7 Å². The highest BCUT2D eigenvalue weighted by atomic mass is 16.6. The quantitative estimate of drug-likeness (QED) is 0.490. The van der Waals surface area contributed by atoms with E-state index in [1.54, 1.807) is 6.92 Å². The molecule has 1 aliphatic heterocycles. The number of piperidine rings is 1. The van der Waals surface area contributed by atoms with E-state index in [9.17, 15) is 14.9 Å². The fourth-order valence-electron chi connectivity index (χ4n) is 3.43. The molecule has 2 heterocycles. The molecule has 1 amide bonds. The Labute approximate surface area is 142 Å². The number of amides is 1. The summed E-state index contributed by atoms with van der Waals surface area (Å²) in [6.45, 7) is 9.99. The van der Waals surface area contributed by atoms with E-state index in [2.05, 4.69) is 29.0 Å². The maximum absolute atomic E-state index is 12.2. The lowest BCUT2D eigenvalue weighted by Crippen LogP contribution is -2.40. The zero-order valence-electron chi connectivity index (χ0n) is 14.6. The Hall–Kier alpha value is -2.02. The maximum Gasteiger partial charge on any atom is 0.288 e. The van der Waals surface area contributed by atoms with Crippen LogP contribution in [0.3, 0.4) is 0 Å². The third kappa shape index (κ3) is 4.99. The normalized spacial score (nSPS) is 21.5. The Kier molecular flexibility index (Phi) is 6.25. The van der Waals surface area contributed by atoms with Crippen LogP contribution in [0.25, 0.3) is 0 Å². The molecule has 7 heteroatoms. The van der Waals surface area contributed by atoms with E-state index in [-0.39, 0.29) is 17.2 Å². The summed E-state index contributed by atoms with van der Waals surface area (Å²) in [6.07, 6.45) is 3.32. The predicted molar refractivity (Wildman–Crippen MR) is 92.0 cm³/mol. The molecule has 132 valence electrons. The van der Waals surface area contributed by atoms with Crippen LogP contribution in [0.4, 0.5) is 5.69 Å². The minimum atomic E-state index is -0.540. The van der Waals surface area contributed by atoms with Gasteiger partial charge in [0.05, 0.1) is 16.2 Å². The SMILES string of the molecule is Cc1ncc([N+](=O)[O-])cc1C(=O)NCCCN1CC(C)CC(C)C1. The van der Waals surface area contributed by atoms with Gasteiger partial charge in [-0.1, -0.05) is 13.8 Å². The fourth-order valence-corrected chi connectivity index (χ4v) is 3.43. The molecule has 2 unspecified atom stereocenters. The zero-order valence-corrected chi connectivity index (χ0v) is 14.6. The first-order valence-corrected chi connectivity index (χ1v) is 8.48. The molecule has 1 N–H and O–H groups in total. The summed E-state index contributed by atoms with van der Waals surface area (Å²) in [4.78, 5) is 28.9. The standard InChI is InChI=1S/C17H26N4O3/c1-12-7-13(2)11-20(10-12)6-4-5-18-17(22)16-8-15(21(23)24)9-19-14(16)3/h8-9,12-13H,4-7,10-11H2,1-3H3,(H,18,22). The van der Waals surface area contributed by atoms with Crippen molar-refractivity contribution in [2.75, 3.05) is 26.2 Å². The number of nitrogens with zero attached hydrogens (tertiary/aromatic N) is 3. The van der Waals surface area contributed by atoms with Crippen molar-refractivity contribution >= 4 is 11.6 Å². The monoisotopic (exact) mass is 334 g/mol. The number of nitrogens with one attached hydrogen (secondary N) is 1. The van der Waals surface area contributed by atoms with Crippen molar-refractivity contribution in [3.05, 3.63) is 33.6 Å². The predicted octanol–water partition coefficient (Wildman–Crippen LogP) is 2.40. The number of hydrogen-bond donors (Lipinski definition) is 1. The number of carbonyl (C=O) groups is 1. The Morgan fingerprint density at radius 1 is 1.42 bits per heavy atom. The van der Waals surface area contributed by atoms with E-state index in [4.69, 9.17) is 0 Å². The third-order valence-corrected chi connectivity index (χ3v) is 4.41. The molecule has 0 radical (unpaired) electrons. The Morgan fingerprint density at radius 3 is 2.71 bits per heavy atom. The van der Waals surface area contributed by atoms with Crippen LogP contribution in [0, 0.1) is 28.9 Å². The highest BCUT2D eigenvalue weighted by Gasteiger charge is 2.21. The highest BCUT2D eigenvalue weighted by Crippen LogP contribution is 2.20. The number of hydrogen-bond acceptors (Lipinski definition) is 5. The second kappa shape index (κ2) is 8.19. The van der Waals surface area contributed by atoms with Crippen LogP contribution in [-0.4, -0.2) is 46.9 Å². The van der Waals surface area contributed by atoms with Crippen LogP contribution >= 0.6 is 0 Å². The van der Waals surface area contributed by atoms with Gasteiger partial charge in [-0.15, -0.1) is 0 Å². The van der Waals surface area contributed by atoms with Gasteiger partial charge in [-0.25, -0.2) is 0 Å². The van der Waals surface area contributed by atoms with Gasteiger partial charge in [-0.2, -0.15) is 0 Å². The van der Waals surface area contributed by atoms with Crippen LogP contribution in [0.5, 0.6) is 0 Å². The Bertz CT molecular complexity index is 595. The molecule has 0 aliphatic carbocycles. The second-order valence-electron chi connectivity index (χ2n) is 6.90. The zero-order chi connectivity index (χ0) is 17.7. The Balaban J connectivity index is 1.81. The van der Waals surface area contributed by atoms with Crippen molar-refractivity contribution < 1.29 is 9.72 Å². The minimum absolute atomic E-state index is 0.165. The van der Waals surface area contributed by atoms with Crippen molar-refractivity contribution in [2.24, 2.45) is 11.8 Å². The lowest BCUT2D eigenvalue weighted by molar-refractivity contribution is -0.385. The molecule has 1 fully saturated rings. The van der Waals surface area contributed by atoms with Gasteiger partial charge in [0.1, 0.15) is 6.20 Å². The molecule has 1 aromatic heterocycles. The first-order valence-electron chi connectivity index (χ1n) is 8.48. The van der Waals surface area contributed by atoms with Crippen molar-refractivity contribution in [3.63, 3.8) is 0 Å². The maximum atomic E-state index is 12.2. The molecular weight excluding hydrogens is 308 g/mol. The van der Waals surface area contributed by atoms with E-state index in [1.165, 1.54) is 18.7 Å². The van der Waals surface area contributed by atoms with E-state index in [0.717, 1.165) is 37.9 Å². The number of rotatable bonds is 6. The molecular formula is C17H26N4O3. The number of aryl methyl sites for hydroxylation is 1. The van der Waals surface area contributed by atoms with Gasteiger partial charge < -0.3 is 10.2 Å². The van der Waals surface area contributed by atoms with Gasteiger partial charge in [0, 0.05) is 25.7 Å². The van der Waals surface area contributed by atoms with Crippen LogP contribution in [0.2, 0.25) is 0 Å². The molecule has 0 bridgehead atoms. The summed E-state index contributed by atoms with van der Waals surface area (Å²) >= 11 is 0. The molecule has 7 nitrogen and oxygen atoms in total. The van der Waals surface area contributed by atoms with Gasteiger partial charge >= 0.3 is 0 Å². The number of likely N-dealkylation sites (tertiary alicyclic amines) is 1. The lowest BCUT2D eigenvalue weighted by Gasteiger charge is -2.34. The van der Waals surface area contributed by atoms with E-state index in [0.29, 0.717) is 12.2 Å². The van der Waals surface area contributed by atoms with Crippen LogP contribution < -0.4 is 5.32 Å². The summed E-state index contributed by atoms with van der Waals surface area (Å²) in [6, 6.07) is 1.28. The van der Waals surface area contributed by atoms with Crippen molar-refractivity contribution in [2.45, 2.75) is 33.6 Å². The molecule has 2 rings (SSSR count). The van der Waals surface area contributed by atoms with Crippen LogP contribution in [-0.2, 0) is 0 Å². The van der Waals surface area contributed by atoms with E-state index >= 15 is 0 Å². The molecule has 0 saturated carbocycles. The van der Waals surface area contributed by atoms with Crippen molar-refractivity contribution in [1.82, 2.24) is 15.2 Å². The summed E-state index contributed by atoms with van der Waals surface area (Å²) in [5.74, 6) is 1.15. The largest absolute Gasteiger partial charge is 0.352 e. The van der Waals surface area contributed by atoms with E-state index < -0.39 is 4.92 Å². The third-order valence-electron chi connectivity index (χ3n) is 4.41. The molecule has 1 aliphatic rings. The van der Waals surface area contributed by atoms with Gasteiger partial charge in [0.25, 0.3) is 11.6 Å². The van der Waals surface area contributed by atoms with Gasteiger partial charge in [-0.05, 0) is 38.1 Å². The summed E-state index contributed by atoms with van der Waals surface area (Å²) in [5.41, 5.74) is 0.600. The molecule has 1 aromatic rings. The molecule has 2 atom stereocenters. The number of carbonyl (C=O) groups excluding carboxylic acids is 1. The molecule has 0 spiro atoms. The number of aromatic nitrogens is 1. The summed E-state index contributed by atoms with van der Waals surface area (Å²) in [5, 5.41) is 13.6. The van der Waals surface area contributed by atoms with Crippen molar-refractivity contribution in [3.8, 4) is 0 Å². The highest BCUT2D eigenvalue weighted by molar-refractivity contribution is 5.95. The smallest absolute Gasteiger partial charge is 0.288 e. The number of nitro groups is 1. The average molecular weight is 334 g/mol. The van der Waals surface area contributed by atoms with Gasteiger partial charge in [-0.3, -0.25) is 19.9 Å². The van der Waals surface area contributed by atoms with Crippen molar-refractivity contribution in [1.29, 1.82) is 0 Å². The number of pyridine rings is 1. The fraction of sp³-hybridized carbons (Fsp3) is 0.647. The topological polar surface area (TPSA) is 88.4 Å². The minimum Gasteiger partial charge on any atom is -0.352 e. The molecule has 0 aromatic carbocycles.